The van der Waals surface area contributed by atoms with Crippen molar-refractivity contribution in [2.24, 2.45) is 0 Å². The summed E-state index contributed by atoms with van der Waals surface area (Å²) in [5.41, 5.74) is 1.73. The van der Waals surface area contributed by atoms with Gasteiger partial charge in [0.15, 0.2) is 0 Å². The number of phenols is 1. The number of carbonyl (C=O) groups excluding carboxylic acids is 1. The van der Waals surface area contributed by atoms with Gasteiger partial charge in [0.2, 0.25) is 5.91 Å². The zero-order valence-corrected chi connectivity index (χ0v) is 18.4. The van der Waals surface area contributed by atoms with Crippen molar-refractivity contribution in [3.63, 3.8) is 0 Å². The van der Waals surface area contributed by atoms with Crippen LogP contribution in [-0.2, 0) is 17.4 Å². The van der Waals surface area contributed by atoms with Crippen LogP contribution < -0.4 is 10.6 Å². The summed E-state index contributed by atoms with van der Waals surface area (Å²) >= 11 is 0. The van der Waals surface area contributed by atoms with E-state index >= 15 is 0 Å². The number of alkyl halides is 3. The molecule has 4 N–H and O–H groups in total. The Labute approximate surface area is 190 Å². The Bertz CT molecular complexity index is 1020. The predicted molar refractivity (Wildman–Crippen MR) is 122 cm³/mol. The summed E-state index contributed by atoms with van der Waals surface area (Å²) in [6.07, 6.45) is 0.136. The Hall–Kier alpha value is -2.71. The molecule has 1 atom stereocenters. The van der Waals surface area contributed by atoms with E-state index in [2.05, 4.69) is 22.5 Å². The first-order chi connectivity index (χ1) is 14.7. The van der Waals surface area contributed by atoms with Crippen LogP contribution in [0.15, 0.2) is 48.7 Å². The number of fused-ring (bicyclic) bond motifs is 1. The van der Waals surface area contributed by atoms with Crippen molar-refractivity contribution in [1.82, 2.24) is 10.3 Å². The lowest BCUT2D eigenvalue weighted by molar-refractivity contribution is -0.137. The van der Waals surface area contributed by atoms with Gasteiger partial charge in [0, 0.05) is 35.2 Å². The number of aromatic hydroxyl groups is 1. The van der Waals surface area contributed by atoms with Crippen molar-refractivity contribution >= 4 is 34.9 Å². The SMILES string of the molecule is CC(CCCC(=O)Nc1ccc(C(F)(F)F)cc1)NCCc1c[nH]c2ccc(O)cc12.Cl. The molecule has 9 heteroatoms. The molecule has 0 radical (unpaired) electrons. The molecule has 0 aliphatic heterocycles. The quantitative estimate of drug-likeness (QED) is 0.327. The van der Waals surface area contributed by atoms with Crippen LogP contribution in [-0.4, -0.2) is 28.6 Å². The molecule has 1 heterocycles. The normalized spacial score (nSPS) is 12.4. The van der Waals surface area contributed by atoms with Crippen molar-refractivity contribution in [2.45, 2.75) is 44.8 Å². The molecule has 174 valence electrons. The van der Waals surface area contributed by atoms with Crippen molar-refractivity contribution in [3.8, 4) is 5.75 Å². The standard InChI is InChI=1S/C23H26F3N3O2.ClH/c1-15(27-12-11-16-14-28-21-10-9-19(30)13-20(16)21)3-2-4-22(31)29-18-7-5-17(6-8-18)23(24,25)26;/h5-10,13-15,27-28,30H,2-4,11-12H2,1H3,(H,29,31);1H. The van der Waals surface area contributed by atoms with E-state index < -0.39 is 11.7 Å². The maximum atomic E-state index is 12.6. The van der Waals surface area contributed by atoms with Crippen molar-refractivity contribution in [3.05, 3.63) is 59.8 Å². The van der Waals surface area contributed by atoms with E-state index in [4.69, 9.17) is 0 Å². The number of halogens is 4. The van der Waals surface area contributed by atoms with Crippen LogP contribution in [0, 0.1) is 0 Å². The molecular formula is C23H27ClF3N3O2. The molecule has 0 saturated carbocycles. The van der Waals surface area contributed by atoms with Gasteiger partial charge in [0.05, 0.1) is 5.56 Å². The summed E-state index contributed by atoms with van der Waals surface area (Å²) in [5, 5.41) is 16.7. The first-order valence-electron chi connectivity index (χ1n) is 10.2. The molecule has 0 aliphatic rings. The van der Waals surface area contributed by atoms with E-state index in [1.54, 1.807) is 12.1 Å². The van der Waals surface area contributed by atoms with Gasteiger partial charge in [-0.1, -0.05) is 0 Å². The smallest absolute Gasteiger partial charge is 0.416 e. The van der Waals surface area contributed by atoms with E-state index in [-0.39, 0.29) is 30.1 Å². The van der Waals surface area contributed by atoms with Crippen molar-refractivity contribution in [1.29, 1.82) is 0 Å². The van der Waals surface area contributed by atoms with Crippen LogP contribution in [0.5, 0.6) is 5.75 Å². The number of benzene rings is 2. The van der Waals surface area contributed by atoms with Gasteiger partial charge in [-0.05, 0) is 80.8 Å². The second-order valence-electron chi connectivity index (χ2n) is 7.66. The van der Waals surface area contributed by atoms with E-state index in [1.165, 1.54) is 12.1 Å². The fraction of sp³-hybridized carbons (Fsp3) is 0.348. The molecule has 3 aromatic rings. The average molecular weight is 470 g/mol. The summed E-state index contributed by atoms with van der Waals surface area (Å²) in [5.74, 6) is 0.0230. The number of rotatable bonds is 9. The Balaban J connectivity index is 0.00000363. The molecule has 1 unspecified atom stereocenters. The molecule has 0 fully saturated rings. The minimum Gasteiger partial charge on any atom is -0.508 e. The Kier molecular flexibility index (Phi) is 8.98. The number of amides is 1. The van der Waals surface area contributed by atoms with E-state index in [0.717, 1.165) is 48.0 Å². The first kappa shape index (κ1) is 25.5. The summed E-state index contributed by atoms with van der Waals surface area (Å²) in [6.45, 7) is 2.82. The number of anilines is 1. The van der Waals surface area contributed by atoms with Gasteiger partial charge in [0.1, 0.15) is 5.75 Å². The highest BCUT2D eigenvalue weighted by molar-refractivity contribution is 5.90. The zero-order chi connectivity index (χ0) is 22.4. The summed E-state index contributed by atoms with van der Waals surface area (Å²) in [4.78, 5) is 15.2. The molecule has 1 aromatic heterocycles. The highest BCUT2D eigenvalue weighted by Gasteiger charge is 2.29. The number of carbonyl (C=O) groups is 1. The first-order valence-corrected chi connectivity index (χ1v) is 10.2. The summed E-state index contributed by atoms with van der Waals surface area (Å²) in [7, 11) is 0. The Morgan fingerprint density at radius 3 is 2.56 bits per heavy atom. The number of aromatic amines is 1. The number of hydrogen-bond donors (Lipinski definition) is 4. The third kappa shape index (κ3) is 7.17. The third-order valence-corrected chi connectivity index (χ3v) is 5.18. The maximum Gasteiger partial charge on any atom is 0.416 e. The minimum absolute atomic E-state index is 0. The molecule has 3 rings (SSSR count). The molecule has 0 aliphatic carbocycles. The number of nitrogens with one attached hydrogen (secondary N) is 3. The highest BCUT2D eigenvalue weighted by atomic mass is 35.5. The van der Waals surface area contributed by atoms with E-state index in [0.29, 0.717) is 18.5 Å². The predicted octanol–water partition coefficient (Wildman–Crippen LogP) is 5.64. The number of phenolic OH excluding ortho intramolecular Hbond substituents is 1. The van der Waals surface area contributed by atoms with Gasteiger partial charge < -0.3 is 20.7 Å². The van der Waals surface area contributed by atoms with Gasteiger partial charge in [-0.3, -0.25) is 4.79 Å². The van der Waals surface area contributed by atoms with Crippen LogP contribution >= 0.6 is 12.4 Å². The van der Waals surface area contributed by atoms with Crippen molar-refractivity contribution in [2.75, 3.05) is 11.9 Å². The van der Waals surface area contributed by atoms with Gasteiger partial charge in [-0.25, -0.2) is 0 Å². The summed E-state index contributed by atoms with van der Waals surface area (Å²) in [6, 6.07) is 9.90. The van der Waals surface area contributed by atoms with Gasteiger partial charge in [-0.15, -0.1) is 12.4 Å². The molecule has 5 nitrogen and oxygen atoms in total. The summed E-state index contributed by atoms with van der Waals surface area (Å²) < 4.78 is 37.7. The zero-order valence-electron chi connectivity index (χ0n) is 17.6. The maximum absolute atomic E-state index is 12.6. The highest BCUT2D eigenvalue weighted by Crippen LogP contribution is 2.29. The molecule has 2 aromatic carbocycles. The van der Waals surface area contributed by atoms with Crippen LogP contribution in [0.3, 0.4) is 0 Å². The van der Waals surface area contributed by atoms with E-state index in [9.17, 15) is 23.1 Å². The second kappa shape index (κ2) is 11.2. The number of H-pyrrole nitrogens is 1. The monoisotopic (exact) mass is 469 g/mol. The molecule has 0 saturated heterocycles. The van der Waals surface area contributed by atoms with Crippen LogP contribution in [0.1, 0.15) is 37.3 Å². The fourth-order valence-corrected chi connectivity index (χ4v) is 3.46. The average Bonchev–Trinajstić information content (AvgIpc) is 3.10. The largest absolute Gasteiger partial charge is 0.508 e. The molecule has 1 amide bonds. The van der Waals surface area contributed by atoms with Gasteiger partial charge in [0.25, 0.3) is 0 Å². The van der Waals surface area contributed by atoms with Crippen LogP contribution in [0.4, 0.5) is 18.9 Å². The minimum atomic E-state index is -4.39. The lowest BCUT2D eigenvalue weighted by Crippen LogP contribution is -2.28. The molecular weight excluding hydrogens is 443 g/mol. The lowest BCUT2D eigenvalue weighted by Gasteiger charge is -2.13. The topological polar surface area (TPSA) is 77.2 Å². The third-order valence-electron chi connectivity index (χ3n) is 5.18. The molecule has 0 spiro atoms. The number of hydrogen-bond acceptors (Lipinski definition) is 3. The fourth-order valence-electron chi connectivity index (χ4n) is 3.46. The molecule has 32 heavy (non-hydrogen) atoms. The molecule has 0 bridgehead atoms. The van der Waals surface area contributed by atoms with Gasteiger partial charge >= 0.3 is 6.18 Å². The van der Waals surface area contributed by atoms with Gasteiger partial charge in [-0.2, -0.15) is 13.2 Å². The number of aromatic nitrogens is 1. The Morgan fingerprint density at radius 2 is 1.88 bits per heavy atom. The van der Waals surface area contributed by atoms with Crippen molar-refractivity contribution < 1.29 is 23.1 Å². The second-order valence-corrected chi connectivity index (χ2v) is 7.66. The van der Waals surface area contributed by atoms with Crippen LogP contribution in [0.25, 0.3) is 10.9 Å². The lowest BCUT2D eigenvalue weighted by atomic mass is 10.1. The Morgan fingerprint density at radius 1 is 1.16 bits per heavy atom. The van der Waals surface area contributed by atoms with E-state index in [1.807, 2.05) is 12.3 Å². The van der Waals surface area contributed by atoms with Crippen LogP contribution in [0.2, 0.25) is 0 Å².